The molecule has 1 aromatic heterocycles. The molecule has 1 spiro atoms. The third kappa shape index (κ3) is 5.00. The first-order valence-electron chi connectivity index (χ1n) is 9.53. The smallest absolute Gasteiger partial charge is 0.104 e. The van der Waals surface area contributed by atoms with Crippen molar-refractivity contribution >= 4 is 0 Å². The highest BCUT2D eigenvalue weighted by Gasteiger charge is 2.43. The number of hydrogen-bond donors (Lipinski definition) is 0. The zero-order valence-electron chi connectivity index (χ0n) is 16.2. The van der Waals surface area contributed by atoms with Crippen LogP contribution in [0.25, 0.3) is 0 Å². The van der Waals surface area contributed by atoms with E-state index in [0.717, 1.165) is 57.2 Å². The molecule has 0 unspecified atom stereocenters. The second-order valence-corrected chi connectivity index (χ2v) is 8.13. The molecule has 0 amide bonds. The first kappa shape index (κ1) is 18.8. The fourth-order valence-electron chi connectivity index (χ4n) is 3.92. The summed E-state index contributed by atoms with van der Waals surface area (Å²) in [4.78, 5) is 9.52. The number of hydrogen-bond acceptors (Lipinski definition) is 5. The minimum absolute atomic E-state index is 0.150. The van der Waals surface area contributed by atoms with E-state index in [2.05, 4.69) is 47.8 Å². The summed E-state index contributed by atoms with van der Waals surface area (Å²) in [6.45, 7) is 12.7. The standard InChI is InChI=1S/C20H33N3O2/c1-16(2)22(4)11-18-10-20(25-13-18)14-23(8-9-24-15-20)12-19-7-5-6-17(3)21-19/h5-7,16,18H,8-15H2,1-4H3/t18-,20-/m1/s1. The lowest BCUT2D eigenvalue weighted by Gasteiger charge is -2.31. The largest absolute Gasteiger partial charge is 0.377 e. The number of ether oxygens (including phenoxy) is 2. The third-order valence-corrected chi connectivity index (χ3v) is 5.47. The molecule has 1 aromatic rings. The number of nitrogens with zero attached hydrogens (tertiary/aromatic N) is 3. The number of aryl methyl sites for hydroxylation is 1. The second kappa shape index (κ2) is 8.12. The van der Waals surface area contributed by atoms with Gasteiger partial charge in [-0.3, -0.25) is 9.88 Å². The van der Waals surface area contributed by atoms with Crippen molar-refractivity contribution in [2.45, 2.75) is 45.4 Å². The zero-order valence-corrected chi connectivity index (χ0v) is 16.2. The molecule has 140 valence electrons. The lowest BCUT2D eigenvalue weighted by atomic mass is 9.93. The first-order valence-corrected chi connectivity index (χ1v) is 9.53. The van der Waals surface area contributed by atoms with Gasteiger partial charge in [0.05, 0.1) is 25.5 Å². The van der Waals surface area contributed by atoms with E-state index in [4.69, 9.17) is 9.47 Å². The van der Waals surface area contributed by atoms with Crippen molar-refractivity contribution in [3.05, 3.63) is 29.6 Å². The molecule has 25 heavy (non-hydrogen) atoms. The van der Waals surface area contributed by atoms with Crippen LogP contribution in [0.2, 0.25) is 0 Å². The maximum absolute atomic E-state index is 6.33. The Morgan fingerprint density at radius 1 is 1.40 bits per heavy atom. The molecule has 0 saturated carbocycles. The Morgan fingerprint density at radius 2 is 2.24 bits per heavy atom. The minimum atomic E-state index is -0.150. The molecule has 2 saturated heterocycles. The number of rotatable bonds is 5. The predicted octanol–water partition coefficient (Wildman–Crippen LogP) is 2.34. The molecule has 5 heteroatoms. The van der Waals surface area contributed by atoms with Gasteiger partial charge in [0.15, 0.2) is 0 Å². The molecule has 2 aliphatic heterocycles. The van der Waals surface area contributed by atoms with Crippen LogP contribution in [0.4, 0.5) is 0 Å². The van der Waals surface area contributed by atoms with Gasteiger partial charge in [0, 0.05) is 37.9 Å². The molecule has 0 radical (unpaired) electrons. The highest BCUT2D eigenvalue weighted by molar-refractivity contribution is 5.10. The molecule has 2 aliphatic rings. The fourth-order valence-corrected chi connectivity index (χ4v) is 3.92. The van der Waals surface area contributed by atoms with E-state index in [1.165, 1.54) is 0 Å². The highest BCUT2D eigenvalue weighted by atomic mass is 16.5. The summed E-state index contributed by atoms with van der Waals surface area (Å²) >= 11 is 0. The molecule has 5 nitrogen and oxygen atoms in total. The van der Waals surface area contributed by atoms with E-state index in [1.54, 1.807) is 0 Å². The van der Waals surface area contributed by atoms with Crippen molar-refractivity contribution in [1.82, 2.24) is 14.8 Å². The first-order chi connectivity index (χ1) is 12.0. The van der Waals surface area contributed by atoms with Crippen molar-refractivity contribution in [1.29, 1.82) is 0 Å². The van der Waals surface area contributed by atoms with Gasteiger partial charge in [-0.2, -0.15) is 0 Å². The molecule has 3 rings (SSSR count). The van der Waals surface area contributed by atoms with Crippen LogP contribution in [0, 0.1) is 12.8 Å². The Hall–Kier alpha value is -1.01. The molecular formula is C20H33N3O2. The Bertz CT molecular complexity index is 566. The Morgan fingerprint density at radius 3 is 3.00 bits per heavy atom. The third-order valence-electron chi connectivity index (χ3n) is 5.47. The molecular weight excluding hydrogens is 314 g/mol. The zero-order chi connectivity index (χ0) is 17.9. The molecule has 0 aromatic carbocycles. The van der Waals surface area contributed by atoms with Gasteiger partial charge in [-0.15, -0.1) is 0 Å². The molecule has 0 bridgehead atoms. The van der Waals surface area contributed by atoms with Crippen molar-refractivity contribution < 1.29 is 9.47 Å². The van der Waals surface area contributed by atoms with Crippen molar-refractivity contribution in [2.24, 2.45) is 5.92 Å². The van der Waals surface area contributed by atoms with E-state index < -0.39 is 0 Å². The van der Waals surface area contributed by atoms with Gasteiger partial charge < -0.3 is 14.4 Å². The topological polar surface area (TPSA) is 37.8 Å². The predicted molar refractivity (Wildman–Crippen MR) is 99.6 cm³/mol. The maximum Gasteiger partial charge on any atom is 0.104 e. The molecule has 2 fully saturated rings. The summed E-state index contributed by atoms with van der Waals surface area (Å²) in [6, 6.07) is 6.82. The van der Waals surface area contributed by atoms with E-state index in [-0.39, 0.29) is 5.60 Å². The summed E-state index contributed by atoms with van der Waals surface area (Å²) in [5.74, 6) is 0.591. The second-order valence-electron chi connectivity index (χ2n) is 8.13. The average molecular weight is 348 g/mol. The molecule has 0 aliphatic carbocycles. The summed E-state index contributed by atoms with van der Waals surface area (Å²) in [7, 11) is 2.20. The van der Waals surface area contributed by atoms with Gasteiger partial charge in [0.25, 0.3) is 0 Å². The Labute approximate surface area is 152 Å². The summed E-state index contributed by atoms with van der Waals surface area (Å²) < 4.78 is 12.3. The van der Waals surface area contributed by atoms with Gasteiger partial charge in [-0.25, -0.2) is 0 Å². The Kier molecular flexibility index (Phi) is 6.10. The van der Waals surface area contributed by atoms with Gasteiger partial charge in [-0.1, -0.05) is 6.07 Å². The molecule has 3 heterocycles. The summed E-state index contributed by atoms with van der Waals surface area (Å²) in [5, 5.41) is 0. The normalized spacial score (nSPS) is 28.2. The van der Waals surface area contributed by atoms with Crippen LogP contribution in [0.1, 0.15) is 31.7 Å². The van der Waals surface area contributed by atoms with Crippen molar-refractivity contribution in [2.75, 3.05) is 46.5 Å². The number of pyridine rings is 1. The van der Waals surface area contributed by atoms with E-state index in [9.17, 15) is 0 Å². The van der Waals surface area contributed by atoms with Crippen LogP contribution in [0.15, 0.2) is 18.2 Å². The van der Waals surface area contributed by atoms with Gasteiger partial charge >= 0.3 is 0 Å². The summed E-state index contributed by atoms with van der Waals surface area (Å²) in [6.07, 6.45) is 1.09. The Balaban J connectivity index is 1.62. The highest BCUT2D eigenvalue weighted by Crippen LogP contribution is 2.33. The molecule has 2 atom stereocenters. The van der Waals surface area contributed by atoms with Crippen LogP contribution >= 0.6 is 0 Å². The van der Waals surface area contributed by atoms with Gasteiger partial charge in [-0.05, 0) is 52.3 Å². The van der Waals surface area contributed by atoms with E-state index in [0.29, 0.717) is 18.6 Å². The van der Waals surface area contributed by atoms with Crippen LogP contribution < -0.4 is 0 Å². The minimum Gasteiger partial charge on any atom is -0.377 e. The van der Waals surface area contributed by atoms with Crippen LogP contribution in [-0.2, 0) is 16.0 Å². The number of aromatic nitrogens is 1. The van der Waals surface area contributed by atoms with Crippen molar-refractivity contribution in [3.8, 4) is 0 Å². The van der Waals surface area contributed by atoms with Crippen molar-refractivity contribution in [3.63, 3.8) is 0 Å². The quantitative estimate of drug-likeness (QED) is 0.817. The monoisotopic (exact) mass is 347 g/mol. The van der Waals surface area contributed by atoms with Crippen LogP contribution in [-0.4, -0.2) is 72.9 Å². The lowest BCUT2D eigenvalue weighted by molar-refractivity contribution is -0.0564. The fraction of sp³-hybridized carbons (Fsp3) is 0.750. The lowest BCUT2D eigenvalue weighted by Crippen LogP contribution is -2.44. The van der Waals surface area contributed by atoms with Crippen LogP contribution in [0.3, 0.4) is 0 Å². The van der Waals surface area contributed by atoms with E-state index >= 15 is 0 Å². The molecule has 0 N–H and O–H groups in total. The SMILES string of the molecule is Cc1cccc(CN2CCOC[C@@]3(C[C@H](CN(C)C(C)C)CO3)C2)n1. The van der Waals surface area contributed by atoms with Crippen LogP contribution in [0.5, 0.6) is 0 Å². The average Bonchev–Trinajstić information content (AvgIpc) is 2.82. The summed E-state index contributed by atoms with van der Waals surface area (Å²) in [5.41, 5.74) is 2.06. The van der Waals surface area contributed by atoms with E-state index in [1.807, 2.05) is 13.0 Å². The van der Waals surface area contributed by atoms with Gasteiger partial charge in [0.1, 0.15) is 5.60 Å². The van der Waals surface area contributed by atoms with Gasteiger partial charge in [0.2, 0.25) is 0 Å². The maximum atomic E-state index is 6.33.